The van der Waals surface area contributed by atoms with Gasteiger partial charge in [0.05, 0.1) is 41.3 Å². The van der Waals surface area contributed by atoms with Crippen LogP contribution in [-0.4, -0.2) is 91.1 Å². The van der Waals surface area contributed by atoms with Crippen LogP contribution < -0.4 is 10.6 Å². The maximum Gasteiger partial charge on any atom is 0.407 e. The summed E-state index contributed by atoms with van der Waals surface area (Å²) in [6.45, 7) is 4.35. The Kier molecular flexibility index (Phi) is 9.06. The van der Waals surface area contributed by atoms with Gasteiger partial charge < -0.3 is 40.2 Å². The van der Waals surface area contributed by atoms with Gasteiger partial charge in [-0.05, 0) is 86.1 Å². The van der Waals surface area contributed by atoms with Crippen LogP contribution in [0.2, 0.25) is 0 Å². The molecule has 14 nitrogen and oxygen atoms in total. The van der Waals surface area contributed by atoms with Crippen molar-refractivity contribution in [1.82, 2.24) is 40.4 Å². The fourth-order valence-corrected chi connectivity index (χ4v) is 7.26. The predicted octanol–water partition coefficient (Wildman–Crippen LogP) is 5.50. The van der Waals surface area contributed by atoms with Gasteiger partial charge in [0.2, 0.25) is 11.8 Å². The molecule has 0 bridgehead atoms. The zero-order valence-corrected chi connectivity index (χ0v) is 28.6. The Labute approximate surface area is 293 Å². The summed E-state index contributed by atoms with van der Waals surface area (Å²) >= 11 is 0. The third kappa shape index (κ3) is 6.68. The van der Waals surface area contributed by atoms with Gasteiger partial charge in [-0.25, -0.2) is 19.6 Å². The molecule has 4 amide bonds. The second-order valence-electron chi connectivity index (χ2n) is 13.2. The van der Waals surface area contributed by atoms with Crippen LogP contribution >= 0.6 is 0 Å². The highest BCUT2D eigenvalue weighted by Gasteiger charge is 2.36. The molecule has 0 aliphatic carbocycles. The second kappa shape index (κ2) is 13.8. The van der Waals surface area contributed by atoms with Gasteiger partial charge in [0, 0.05) is 13.1 Å². The minimum absolute atomic E-state index is 0.175. The van der Waals surface area contributed by atoms with E-state index in [1.54, 1.807) is 23.6 Å². The largest absolute Gasteiger partial charge is 0.465 e. The van der Waals surface area contributed by atoms with E-state index in [9.17, 15) is 19.2 Å². The number of carboxylic acid groups (broad SMARTS) is 1. The van der Waals surface area contributed by atoms with E-state index in [-0.39, 0.29) is 23.9 Å². The van der Waals surface area contributed by atoms with Crippen molar-refractivity contribution in [2.75, 3.05) is 20.2 Å². The highest BCUT2D eigenvalue weighted by molar-refractivity contribution is 5.88. The first-order valence-electron chi connectivity index (χ1n) is 17.1. The minimum Gasteiger partial charge on any atom is -0.465 e. The molecule has 2 aliphatic heterocycles. The SMILES string of the molecule is COC(=O)NC(C)C(=O)N1CCCC1c1nc2ccc(-c3ccc(-c4ccc5nc(C6CCCN6C(=O)C(C)NC(=O)O)[nH]c5c4)cc3)cc2[nH]1. The summed E-state index contributed by atoms with van der Waals surface area (Å²) in [5.41, 5.74) is 7.47. The molecule has 2 fully saturated rings. The maximum absolute atomic E-state index is 13.1. The number of methoxy groups -OCH3 is 1. The number of nitrogens with one attached hydrogen (secondary N) is 4. The quantitative estimate of drug-likeness (QED) is 0.141. The van der Waals surface area contributed by atoms with Crippen LogP contribution in [0.25, 0.3) is 44.3 Å². The molecule has 0 saturated carbocycles. The standard InChI is InChI=1S/C37H40N8O6/c1-20(38-36(48)49)34(46)44-16-4-6-30(44)32-40-26-14-12-24(18-28(26)42-32)22-8-10-23(11-9-22)25-13-15-27-29(19-25)43-33(41-27)31-7-5-17-45(31)35(47)21(2)39-37(50)51-3/h8-15,18-21,30-31,38H,4-7,16-17H2,1-3H3,(H,39,50)(H,40,42)(H,41,43)(H,48,49). The Morgan fingerprint density at radius 1 is 0.725 bits per heavy atom. The molecule has 264 valence electrons. The van der Waals surface area contributed by atoms with Crippen LogP contribution in [0, 0.1) is 0 Å². The number of hydrogen-bond donors (Lipinski definition) is 5. The van der Waals surface area contributed by atoms with Gasteiger partial charge in [0.1, 0.15) is 23.7 Å². The van der Waals surface area contributed by atoms with Gasteiger partial charge in [0.25, 0.3) is 0 Å². The van der Waals surface area contributed by atoms with Crippen LogP contribution in [0.4, 0.5) is 9.59 Å². The van der Waals surface area contributed by atoms with Gasteiger partial charge in [-0.2, -0.15) is 0 Å². The van der Waals surface area contributed by atoms with Crippen LogP contribution in [0.1, 0.15) is 63.3 Å². The summed E-state index contributed by atoms with van der Waals surface area (Å²) in [6.07, 6.45) is 1.32. The molecule has 2 aromatic heterocycles. The van der Waals surface area contributed by atoms with E-state index in [2.05, 4.69) is 61.7 Å². The molecule has 4 heterocycles. The Hall–Kier alpha value is -5.92. The molecule has 0 spiro atoms. The topological polar surface area (TPSA) is 186 Å². The molecule has 51 heavy (non-hydrogen) atoms. The van der Waals surface area contributed by atoms with E-state index in [0.717, 1.165) is 75.8 Å². The zero-order valence-electron chi connectivity index (χ0n) is 28.6. The Morgan fingerprint density at radius 2 is 1.16 bits per heavy atom. The molecule has 4 atom stereocenters. The number of rotatable bonds is 8. The number of H-pyrrole nitrogens is 2. The third-order valence-corrected chi connectivity index (χ3v) is 9.86. The van der Waals surface area contributed by atoms with Crippen molar-refractivity contribution in [2.24, 2.45) is 0 Å². The first kappa shape index (κ1) is 33.6. The van der Waals surface area contributed by atoms with Crippen LogP contribution in [0.15, 0.2) is 60.7 Å². The zero-order chi connectivity index (χ0) is 35.8. The predicted molar refractivity (Wildman–Crippen MR) is 190 cm³/mol. The van der Waals surface area contributed by atoms with Gasteiger partial charge >= 0.3 is 12.2 Å². The smallest absolute Gasteiger partial charge is 0.407 e. The number of likely N-dealkylation sites (tertiary alicyclic amines) is 2. The molecule has 14 heteroatoms. The monoisotopic (exact) mass is 692 g/mol. The van der Waals surface area contributed by atoms with Crippen LogP contribution in [-0.2, 0) is 14.3 Å². The molecule has 5 N–H and O–H groups in total. The number of nitrogens with zero attached hydrogens (tertiary/aromatic N) is 4. The summed E-state index contributed by atoms with van der Waals surface area (Å²) in [4.78, 5) is 68.8. The summed E-state index contributed by atoms with van der Waals surface area (Å²) in [6, 6.07) is 18.5. The average molecular weight is 693 g/mol. The molecule has 5 aromatic rings. The maximum atomic E-state index is 13.1. The lowest BCUT2D eigenvalue weighted by molar-refractivity contribution is -0.134. The lowest BCUT2D eigenvalue weighted by atomic mass is 10.00. The van der Waals surface area contributed by atoms with E-state index in [1.165, 1.54) is 7.11 Å². The lowest BCUT2D eigenvalue weighted by Gasteiger charge is -2.26. The molecule has 3 aromatic carbocycles. The summed E-state index contributed by atoms with van der Waals surface area (Å²) in [5.74, 6) is 0.982. The fourth-order valence-electron chi connectivity index (χ4n) is 7.26. The molecule has 2 saturated heterocycles. The molecular formula is C37H40N8O6. The second-order valence-corrected chi connectivity index (χ2v) is 13.2. The van der Waals surface area contributed by atoms with Gasteiger partial charge in [0.15, 0.2) is 0 Å². The Morgan fingerprint density at radius 3 is 1.59 bits per heavy atom. The number of hydrogen-bond acceptors (Lipinski definition) is 7. The molecule has 0 radical (unpaired) electrons. The van der Waals surface area contributed by atoms with Crippen LogP contribution in [0.3, 0.4) is 0 Å². The van der Waals surface area contributed by atoms with E-state index >= 15 is 0 Å². The fraction of sp³-hybridized carbons (Fsp3) is 0.351. The molecule has 2 aliphatic rings. The number of carbonyl (C=O) groups is 4. The number of benzene rings is 3. The summed E-state index contributed by atoms with van der Waals surface area (Å²) < 4.78 is 4.65. The van der Waals surface area contributed by atoms with E-state index in [1.807, 2.05) is 24.3 Å². The summed E-state index contributed by atoms with van der Waals surface area (Å²) in [5, 5.41) is 13.9. The lowest BCUT2D eigenvalue weighted by Crippen LogP contribution is -2.46. The minimum atomic E-state index is -1.23. The number of aromatic nitrogens is 4. The average Bonchev–Trinajstić information content (AvgIpc) is 3.95. The first-order chi connectivity index (χ1) is 24.6. The van der Waals surface area contributed by atoms with Gasteiger partial charge in [-0.3, -0.25) is 9.59 Å². The molecule has 4 unspecified atom stereocenters. The highest BCUT2D eigenvalue weighted by atomic mass is 16.5. The molecule has 7 rings (SSSR count). The van der Waals surface area contributed by atoms with Crippen molar-refractivity contribution >= 4 is 46.1 Å². The number of ether oxygens (including phenoxy) is 1. The Bertz CT molecular complexity index is 2120. The summed E-state index contributed by atoms with van der Waals surface area (Å²) in [7, 11) is 1.27. The van der Waals surface area contributed by atoms with E-state index < -0.39 is 24.3 Å². The highest BCUT2D eigenvalue weighted by Crippen LogP contribution is 2.35. The van der Waals surface area contributed by atoms with Gasteiger partial charge in [-0.15, -0.1) is 0 Å². The van der Waals surface area contributed by atoms with Crippen molar-refractivity contribution in [1.29, 1.82) is 0 Å². The number of carbonyl (C=O) groups excluding carboxylic acids is 3. The van der Waals surface area contributed by atoms with E-state index in [0.29, 0.717) is 18.9 Å². The van der Waals surface area contributed by atoms with Crippen molar-refractivity contribution in [3.05, 3.63) is 72.3 Å². The number of amides is 4. The van der Waals surface area contributed by atoms with Crippen LogP contribution in [0.5, 0.6) is 0 Å². The Balaban J connectivity index is 1.06. The van der Waals surface area contributed by atoms with Crippen molar-refractivity contribution in [3.8, 4) is 22.3 Å². The number of fused-ring (bicyclic) bond motifs is 2. The van der Waals surface area contributed by atoms with Crippen molar-refractivity contribution < 1.29 is 29.0 Å². The first-order valence-corrected chi connectivity index (χ1v) is 17.1. The third-order valence-electron chi connectivity index (χ3n) is 9.86. The number of aromatic amines is 2. The number of alkyl carbamates (subject to hydrolysis) is 1. The van der Waals surface area contributed by atoms with E-state index in [4.69, 9.17) is 15.1 Å². The van der Waals surface area contributed by atoms with Crippen molar-refractivity contribution in [2.45, 2.75) is 63.7 Å². The molecular weight excluding hydrogens is 652 g/mol. The normalized spacial score (nSPS) is 18.6. The number of imidazole rings is 2. The van der Waals surface area contributed by atoms with Gasteiger partial charge in [-0.1, -0.05) is 36.4 Å². The van der Waals surface area contributed by atoms with Crippen molar-refractivity contribution in [3.63, 3.8) is 0 Å².